The van der Waals surface area contributed by atoms with Crippen LogP contribution in [0.2, 0.25) is 0 Å². The SMILES string of the molecule is CCOC(=O)c1ccc(OC/C=C(\C)CCC=C(C)C)c(OC/C=C(\C)CCC=C(C)C)c1. The minimum atomic E-state index is -0.364. The van der Waals surface area contributed by atoms with Gasteiger partial charge in [0.25, 0.3) is 0 Å². The zero-order valence-corrected chi connectivity index (χ0v) is 21.6. The first kappa shape index (κ1) is 28.3. The summed E-state index contributed by atoms with van der Waals surface area (Å²) < 4.78 is 17.1. The Labute approximate surface area is 201 Å². The predicted molar refractivity (Wildman–Crippen MR) is 138 cm³/mol. The zero-order valence-electron chi connectivity index (χ0n) is 21.6. The molecule has 0 radical (unpaired) electrons. The Balaban J connectivity index is 2.84. The van der Waals surface area contributed by atoms with Crippen LogP contribution in [-0.2, 0) is 4.74 Å². The van der Waals surface area contributed by atoms with Crippen molar-refractivity contribution in [3.8, 4) is 11.5 Å². The molecular formula is C29H42O4. The van der Waals surface area contributed by atoms with Crippen LogP contribution in [0, 0.1) is 0 Å². The number of benzene rings is 1. The molecule has 0 aliphatic heterocycles. The molecule has 0 N–H and O–H groups in total. The van der Waals surface area contributed by atoms with Crippen LogP contribution in [-0.4, -0.2) is 25.8 Å². The molecule has 0 saturated carbocycles. The fourth-order valence-corrected chi connectivity index (χ4v) is 3.01. The van der Waals surface area contributed by atoms with Crippen LogP contribution < -0.4 is 9.47 Å². The third-order valence-electron chi connectivity index (χ3n) is 4.98. The number of hydrogen-bond donors (Lipinski definition) is 0. The molecule has 0 fully saturated rings. The number of hydrogen-bond acceptors (Lipinski definition) is 4. The second-order valence-corrected chi connectivity index (χ2v) is 8.75. The van der Waals surface area contributed by atoms with Gasteiger partial charge in [-0.2, -0.15) is 0 Å². The molecule has 4 nitrogen and oxygen atoms in total. The molecule has 0 bridgehead atoms. The number of rotatable bonds is 14. The number of ether oxygens (including phenoxy) is 3. The Morgan fingerprint density at radius 2 is 1.27 bits per heavy atom. The topological polar surface area (TPSA) is 44.8 Å². The molecule has 0 spiro atoms. The molecule has 0 saturated heterocycles. The fraction of sp³-hybridized carbons (Fsp3) is 0.483. The van der Waals surface area contributed by atoms with Crippen molar-refractivity contribution in [2.24, 2.45) is 0 Å². The molecule has 182 valence electrons. The predicted octanol–water partition coefficient (Wildman–Crippen LogP) is 8.01. The van der Waals surface area contributed by atoms with Gasteiger partial charge in [0.15, 0.2) is 11.5 Å². The summed E-state index contributed by atoms with van der Waals surface area (Å²) in [4.78, 5) is 12.2. The highest BCUT2D eigenvalue weighted by Gasteiger charge is 2.12. The van der Waals surface area contributed by atoms with Gasteiger partial charge in [-0.25, -0.2) is 4.79 Å². The molecule has 1 rings (SSSR count). The van der Waals surface area contributed by atoms with E-state index in [2.05, 4.69) is 65.8 Å². The van der Waals surface area contributed by atoms with Gasteiger partial charge in [0.05, 0.1) is 12.2 Å². The van der Waals surface area contributed by atoms with Crippen LogP contribution in [0.15, 0.2) is 64.8 Å². The molecule has 0 aliphatic carbocycles. The van der Waals surface area contributed by atoms with Crippen molar-refractivity contribution in [3.63, 3.8) is 0 Å². The van der Waals surface area contributed by atoms with E-state index in [1.165, 1.54) is 22.3 Å². The molecule has 0 aliphatic rings. The molecule has 4 heteroatoms. The molecule has 1 aromatic rings. The summed E-state index contributed by atoms with van der Waals surface area (Å²) in [5.74, 6) is 0.800. The van der Waals surface area contributed by atoms with Gasteiger partial charge in [-0.3, -0.25) is 0 Å². The highest BCUT2D eigenvalue weighted by atomic mass is 16.5. The lowest BCUT2D eigenvalue weighted by Crippen LogP contribution is -2.07. The fourth-order valence-electron chi connectivity index (χ4n) is 3.01. The van der Waals surface area contributed by atoms with Gasteiger partial charge < -0.3 is 14.2 Å². The van der Waals surface area contributed by atoms with Crippen molar-refractivity contribution in [2.75, 3.05) is 19.8 Å². The van der Waals surface area contributed by atoms with E-state index in [0.29, 0.717) is 36.9 Å². The second-order valence-electron chi connectivity index (χ2n) is 8.75. The van der Waals surface area contributed by atoms with E-state index in [-0.39, 0.29) is 5.97 Å². The van der Waals surface area contributed by atoms with Crippen LogP contribution >= 0.6 is 0 Å². The Kier molecular flexibility index (Phi) is 13.7. The molecule has 0 atom stereocenters. The summed E-state index contributed by atoms with van der Waals surface area (Å²) in [6, 6.07) is 5.19. The Morgan fingerprint density at radius 3 is 1.76 bits per heavy atom. The maximum atomic E-state index is 12.2. The van der Waals surface area contributed by atoms with Crippen LogP contribution in [0.25, 0.3) is 0 Å². The first-order valence-corrected chi connectivity index (χ1v) is 11.9. The maximum Gasteiger partial charge on any atom is 0.338 e. The van der Waals surface area contributed by atoms with Crippen molar-refractivity contribution in [1.82, 2.24) is 0 Å². The van der Waals surface area contributed by atoms with E-state index < -0.39 is 0 Å². The maximum absolute atomic E-state index is 12.2. The number of carbonyl (C=O) groups excluding carboxylic acids is 1. The van der Waals surface area contributed by atoms with Crippen LogP contribution in [0.1, 0.15) is 84.5 Å². The van der Waals surface area contributed by atoms with Crippen LogP contribution in [0.3, 0.4) is 0 Å². The van der Waals surface area contributed by atoms with E-state index in [1.54, 1.807) is 25.1 Å². The molecule has 33 heavy (non-hydrogen) atoms. The van der Waals surface area contributed by atoms with E-state index in [0.717, 1.165) is 25.7 Å². The molecule has 0 amide bonds. The molecule has 0 unspecified atom stereocenters. The molecular weight excluding hydrogens is 412 g/mol. The Morgan fingerprint density at radius 1 is 0.758 bits per heavy atom. The lowest BCUT2D eigenvalue weighted by molar-refractivity contribution is 0.0526. The standard InChI is InChI=1S/C29H42O4/c1-8-31-29(30)26-15-16-27(32-19-17-24(6)13-9-11-22(2)3)28(21-26)33-20-18-25(7)14-10-12-23(4)5/h11-12,15-18,21H,8-10,13-14,19-20H2,1-7H3/b24-17+,25-18+. The van der Waals surface area contributed by atoms with Gasteiger partial charge in [-0.1, -0.05) is 34.4 Å². The smallest absolute Gasteiger partial charge is 0.338 e. The molecule has 1 aromatic carbocycles. The number of allylic oxidation sites excluding steroid dienone is 6. The highest BCUT2D eigenvalue weighted by molar-refractivity contribution is 5.90. The zero-order chi connectivity index (χ0) is 24.6. The van der Waals surface area contributed by atoms with Crippen molar-refractivity contribution < 1.29 is 19.0 Å². The Hall–Kier alpha value is -2.75. The van der Waals surface area contributed by atoms with Gasteiger partial charge >= 0.3 is 5.97 Å². The summed E-state index contributed by atoms with van der Waals surface area (Å²) >= 11 is 0. The summed E-state index contributed by atoms with van der Waals surface area (Å²) in [7, 11) is 0. The van der Waals surface area contributed by atoms with Gasteiger partial charge in [0, 0.05) is 0 Å². The second kappa shape index (κ2) is 16.0. The lowest BCUT2D eigenvalue weighted by Gasteiger charge is -2.13. The van der Waals surface area contributed by atoms with Crippen molar-refractivity contribution in [3.05, 3.63) is 70.4 Å². The van der Waals surface area contributed by atoms with E-state index in [1.807, 2.05) is 0 Å². The minimum absolute atomic E-state index is 0.331. The van der Waals surface area contributed by atoms with Gasteiger partial charge in [-0.15, -0.1) is 0 Å². The van der Waals surface area contributed by atoms with Crippen LogP contribution in [0.5, 0.6) is 11.5 Å². The van der Waals surface area contributed by atoms with Crippen molar-refractivity contribution in [2.45, 2.75) is 74.1 Å². The Bertz CT molecular complexity index is 864. The highest BCUT2D eigenvalue weighted by Crippen LogP contribution is 2.29. The lowest BCUT2D eigenvalue weighted by atomic mass is 10.1. The first-order valence-electron chi connectivity index (χ1n) is 11.9. The average Bonchev–Trinajstić information content (AvgIpc) is 2.74. The van der Waals surface area contributed by atoms with E-state index in [9.17, 15) is 4.79 Å². The summed E-state index contributed by atoms with van der Waals surface area (Å²) in [6.45, 7) is 15.7. The van der Waals surface area contributed by atoms with Crippen molar-refractivity contribution in [1.29, 1.82) is 0 Å². The van der Waals surface area contributed by atoms with E-state index in [4.69, 9.17) is 14.2 Å². The number of carbonyl (C=O) groups is 1. The summed E-state index contributed by atoms with van der Waals surface area (Å²) in [5.41, 5.74) is 5.68. The van der Waals surface area contributed by atoms with Gasteiger partial charge in [0.1, 0.15) is 13.2 Å². The quantitative estimate of drug-likeness (QED) is 0.211. The van der Waals surface area contributed by atoms with Crippen LogP contribution in [0.4, 0.5) is 0 Å². The van der Waals surface area contributed by atoms with Crippen molar-refractivity contribution >= 4 is 5.97 Å². The first-order chi connectivity index (χ1) is 15.7. The molecule has 0 aromatic heterocycles. The normalized spacial score (nSPS) is 11.6. The van der Waals surface area contributed by atoms with Gasteiger partial charge in [0.2, 0.25) is 0 Å². The van der Waals surface area contributed by atoms with Gasteiger partial charge in [-0.05, 0) is 105 Å². The largest absolute Gasteiger partial charge is 0.486 e. The minimum Gasteiger partial charge on any atom is -0.486 e. The summed E-state index contributed by atoms with van der Waals surface area (Å²) in [6.07, 6.45) is 12.7. The molecule has 0 heterocycles. The third kappa shape index (κ3) is 12.8. The number of esters is 1. The average molecular weight is 455 g/mol. The van der Waals surface area contributed by atoms with E-state index >= 15 is 0 Å². The monoisotopic (exact) mass is 454 g/mol. The third-order valence-corrected chi connectivity index (χ3v) is 4.98. The summed E-state index contributed by atoms with van der Waals surface area (Å²) in [5, 5.41) is 0.